The maximum atomic E-state index is 14.0. The first-order valence-corrected chi connectivity index (χ1v) is 11.0. The summed E-state index contributed by atoms with van der Waals surface area (Å²) in [4.78, 5) is 20.2. The number of carbonyl (C=O) groups is 1. The summed E-state index contributed by atoms with van der Waals surface area (Å²) in [5.41, 5.74) is 3.68. The molecule has 1 saturated heterocycles. The molecule has 0 radical (unpaired) electrons. The van der Waals surface area contributed by atoms with Crippen LogP contribution in [0.15, 0.2) is 54.6 Å². The van der Waals surface area contributed by atoms with Crippen LogP contribution in [0.5, 0.6) is 0 Å². The van der Waals surface area contributed by atoms with Crippen LogP contribution in [0.4, 0.5) is 14.5 Å². The molecule has 5 nitrogen and oxygen atoms in total. The molecule has 0 bridgehead atoms. The van der Waals surface area contributed by atoms with Crippen molar-refractivity contribution in [3.05, 3.63) is 77.5 Å². The zero-order chi connectivity index (χ0) is 22.5. The van der Waals surface area contributed by atoms with Crippen molar-refractivity contribution in [2.24, 2.45) is 0 Å². The van der Waals surface area contributed by atoms with Gasteiger partial charge in [-0.25, -0.2) is 8.78 Å². The van der Waals surface area contributed by atoms with E-state index >= 15 is 0 Å². The Kier molecular flexibility index (Phi) is 6.85. The van der Waals surface area contributed by atoms with Crippen LogP contribution in [0.1, 0.15) is 22.5 Å². The third-order valence-corrected chi connectivity index (χ3v) is 5.92. The van der Waals surface area contributed by atoms with E-state index in [0.717, 1.165) is 56.1 Å². The first kappa shape index (κ1) is 22.0. The van der Waals surface area contributed by atoms with Gasteiger partial charge in [-0.05, 0) is 67.9 Å². The Hall–Kier alpha value is -3.19. The summed E-state index contributed by atoms with van der Waals surface area (Å²) in [7, 11) is 0. The monoisotopic (exact) mass is 438 g/mol. The number of hydrogen-bond acceptors (Lipinski definition) is 3. The van der Waals surface area contributed by atoms with Crippen LogP contribution in [0.2, 0.25) is 0 Å². The van der Waals surface area contributed by atoms with Crippen LogP contribution in [0.25, 0.3) is 11.3 Å². The zero-order valence-electron chi connectivity index (χ0n) is 18.2. The Morgan fingerprint density at radius 1 is 1.03 bits per heavy atom. The van der Waals surface area contributed by atoms with Crippen LogP contribution in [0.3, 0.4) is 0 Å². The summed E-state index contributed by atoms with van der Waals surface area (Å²) in [6.07, 6.45) is 0.847. The number of carbonyl (C=O) groups excluding carboxylic acids is 1. The molecule has 0 unspecified atom stereocenters. The Balaban J connectivity index is 1.21. The van der Waals surface area contributed by atoms with Crippen LogP contribution >= 0.6 is 0 Å². The maximum Gasteiger partial charge on any atom is 0.253 e. The molecule has 2 aromatic carbocycles. The fraction of sp³-hybridized carbons (Fsp3) is 0.320. The summed E-state index contributed by atoms with van der Waals surface area (Å²) in [5, 5.41) is 2.99. The van der Waals surface area contributed by atoms with E-state index in [-0.39, 0.29) is 17.5 Å². The molecule has 4 rings (SSSR count). The van der Waals surface area contributed by atoms with Gasteiger partial charge in [0.25, 0.3) is 5.91 Å². The first-order chi connectivity index (χ1) is 15.5. The number of amides is 1. The molecule has 168 valence electrons. The third-order valence-electron chi connectivity index (χ3n) is 5.92. The SMILES string of the molecule is Cc1[nH]c(-c2ccc(F)cc2)cc1C(=O)NCCCN1CCN(c2ccccc2F)CC1. The van der Waals surface area contributed by atoms with E-state index in [0.29, 0.717) is 17.8 Å². The smallest absolute Gasteiger partial charge is 0.253 e. The maximum absolute atomic E-state index is 14.0. The third kappa shape index (κ3) is 5.16. The number of benzene rings is 2. The van der Waals surface area contributed by atoms with E-state index in [1.165, 1.54) is 18.2 Å². The van der Waals surface area contributed by atoms with Crippen molar-refractivity contribution in [2.45, 2.75) is 13.3 Å². The minimum absolute atomic E-state index is 0.114. The minimum atomic E-state index is -0.288. The highest BCUT2D eigenvalue weighted by Crippen LogP contribution is 2.22. The quantitative estimate of drug-likeness (QED) is 0.544. The first-order valence-electron chi connectivity index (χ1n) is 11.0. The van der Waals surface area contributed by atoms with Crippen molar-refractivity contribution in [3.63, 3.8) is 0 Å². The number of rotatable bonds is 7. The number of halogens is 2. The van der Waals surface area contributed by atoms with Crippen molar-refractivity contribution in [1.29, 1.82) is 0 Å². The van der Waals surface area contributed by atoms with E-state index < -0.39 is 0 Å². The number of piperazine rings is 1. The average molecular weight is 439 g/mol. The zero-order valence-corrected chi connectivity index (χ0v) is 18.2. The van der Waals surface area contributed by atoms with Gasteiger partial charge in [-0.1, -0.05) is 12.1 Å². The normalized spacial score (nSPS) is 14.5. The molecular weight excluding hydrogens is 410 g/mol. The highest BCUT2D eigenvalue weighted by atomic mass is 19.1. The second kappa shape index (κ2) is 9.96. The van der Waals surface area contributed by atoms with Crippen molar-refractivity contribution in [2.75, 3.05) is 44.2 Å². The van der Waals surface area contributed by atoms with Gasteiger partial charge in [-0.2, -0.15) is 0 Å². The molecule has 2 N–H and O–H groups in total. The predicted molar refractivity (Wildman–Crippen MR) is 123 cm³/mol. The average Bonchev–Trinajstić information content (AvgIpc) is 3.19. The minimum Gasteiger partial charge on any atom is -0.367 e. The molecule has 0 spiro atoms. The molecule has 2 heterocycles. The number of aromatic amines is 1. The van der Waals surface area contributed by atoms with Crippen LogP contribution in [-0.2, 0) is 0 Å². The van der Waals surface area contributed by atoms with E-state index in [9.17, 15) is 13.6 Å². The number of nitrogens with zero attached hydrogens (tertiary/aromatic N) is 2. The summed E-state index contributed by atoms with van der Waals surface area (Å²) < 4.78 is 27.1. The lowest BCUT2D eigenvalue weighted by Gasteiger charge is -2.36. The summed E-state index contributed by atoms with van der Waals surface area (Å²) in [6.45, 7) is 6.67. The second-order valence-corrected chi connectivity index (χ2v) is 8.12. The van der Waals surface area contributed by atoms with Gasteiger partial charge in [-0.15, -0.1) is 0 Å². The van der Waals surface area contributed by atoms with Gasteiger partial charge in [0.1, 0.15) is 11.6 Å². The molecule has 0 saturated carbocycles. The van der Waals surface area contributed by atoms with E-state index in [2.05, 4.69) is 20.1 Å². The fourth-order valence-corrected chi connectivity index (χ4v) is 4.10. The van der Waals surface area contributed by atoms with Crippen molar-refractivity contribution in [3.8, 4) is 11.3 Å². The van der Waals surface area contributed by atoms with Gasteiger partial charge >= 0.3 is 0 Å². The molecule has 32 heavy (non-hydrogen) atoms. The number of nitrogens with one attached hydrogen (secondary N) is 2. The molecule has 1 aliphatic heterocycles. The highest BCUT2D eigenvalue weighted by molar-refractivity contribution is 5.96. The second-order valence-electron chi connectivity index (χ2n) is 8.12. The number of para-hydroxylation sites is 1. The number of anilines is 1. The molecular formula is C25H28F2N4O. The molecule has 7 heteroatoms. The van der Waals surface area contributed by atoms with Gasteiger partial charge in [0.15, 0.2) is 0 Å². The van der Waals surface area contributed by atoms with Crippen molar-refractivity contribution in [1.82, 2.24) is 15.2 Å². The van der Waals surface area contributed by atoms with Crippen molar-refractivity contribution < 1.29 is 13.6 Å². The fourth-order valence-electron chi connectivity index (χ4n) is 4.10. The van der Waals surface area contributed by atoms with E-state index in [4.69, 9.17) is 0 Å². The molecule has 3 aromatic rings. The molecule has 1 aliphatic rings. The topological polar surface area (TPSA) is 51.4 Å². The number of hydrogen-bond donors (Lipinski definition) is 2. The van der Waals surface area contributed by atoms with Gasteiger partial charge in [-0.3, -0.25) is 9.69 Å². The predicted octanol–water partition coefficient (Wildman–Crippen LogP) is 4.21. The molecule has 0 aliphatic carbocycles. The Morgan fingerprint density at radius 3 is 2.47 bits per heavy atom. The number of H-pyrrole nitrogens is 1. The lowest BCUT2D eigenvalue weighted by molar-refractivity contribution is 0.0951. The standard InChI is InChI=1S/C25H28F2N4O/c1-18-21(17-23(29-18)19-7-9-20(26)10-8-19)25(32)28-11-4-12-30-13-15-31(16-14-30)24-6-3-2-5-22(24)27/h2-3,5-10,17,29H,4,11-16H2,1H3,(H,28,32). The Bertz CT molecular complexity index is 1060. The summed E-state index contributed by atoms with van der Waals surface area (Å²) >= 11 is 0. The molecule has 1 amide bonds. The number of aromatic nitrogens is 1. The number of aryl methyl sites for hydroxylation is 1. The largest absolute Gasteiger partial charge is 0.367 e. The van der Waals surface area contributed by atoms with Crippen LogP contribution in [-0.4, -0.2) is 55.1 Å². The van der Waals surface area contributed by atoms with Gasteiger partial charge in [0.2, 0.25) is 0 Å². The summed E-state index contributed by atoms with van der Waals surface area (Å²) in [5.74, 6) is -0.577. The van der Waals surface area contributed by atoms with Gasteiger partial charge in [0, 0.05) is 44.1 Å². The molecule has 1 fully saturated rings. The Labute approximate surface area is 187 Å². The van der Waals surface area contributed by atoms with Crippen LogP contribution < -0.4 is 10.2 Å². The van der Waals surface area contributed by atoms with Crippen molar-refractivity contribution >= 4 is 11.6 Å². The summed E-state index contributed by atoms with van der Waals surface area (Å²) in [6, 6.07) is 14.9. The van der Waals surface area contributed by atoms with E-state index in [1.807, 2.05) is 19.1 Å². The highest BCUT2D eigenvalue weighted by Gasteiger charge is 2.19. The Morgan fingerprint density at radius 2 is 1.75 bits per heavy atom. The van der Waals surface area contributed by atoms with Gasteiger partial charge in [0.05, 0.1) is 11.3 Å². The molecule has 1 aromatic heterocycles. The van der Waals surface area contributed by atoms with Gasteiger partial charge < -0.3 is 15.2 Å². The van der Waals surface area contributed by atoms with Crippen LogP contribution in [0, 0.1) is 18.6 Å². The van der Waals surface area contributed by atoms with E-state index in [1.54, 1.807) is 24.3 Å². The molecule has 0 atom stereocenters. The lowest BCUT2D eigenvalue weighted by Crippen LogP contribution is -2.47. The lowest BCUT2D eigenvalue weighted by atomic mass is 10.1.